The second-order valence-electron chi connectivity index (χ2n) is 3.75. The van der Waals surface area contributed by atoms with Crippen molar-refractivity contribution in [2.75, 3.05) is 12.4 Å². The minimum absolute atomic E-state index is 0.292. The first-order chi connectivity index (χ1) is 8.28. The molecule has 0 fully saturated rings. The first-order valence-electron chi connectivity index (χ1n) is 5.44. The molecule has 0 aromatic carbocycles. The van der Waals surface area contributed by atoms with Crippen LogP contribution in [0.3, 0.4) is 0 Å². The van der Waals surface area contributed by atoms with Crippen molar-refractivity contribution in [1.29, 1.82) is 0 Å². The Hall–Kier alpha value is -1.62. The molecule has 2 aromatic rings. The number of hydrogen-bond acceptors (Lipinski definition) is 5. The summed E-state index contributed by atoms with van der Waals surface area (Å²) in [6, 6.07) is 6.22. The van der Waals surface area contributed by atoms with Crippen molar-refractivity contribution in [3.63, 3.8) is 0 Å². The number of hydrogen-bond donors (Lipinski definition) is 1. The molecule has 4 nitrogen and oxygen atoms in total. The summed E-state index contributed by atoms with van der Waals surface area (Å²) in [6.07, 6.45) is 2.66. The maximum absolute atomic E-state index is 5.05. The minimum Gasteiger partial charge on any atom is -0.481 e. The lowest BCUT2D eigenvalue weighted by Gasteiger charge is -2.12. The smallest absolute Gasteiger partial charge is 0.226 e. The van der Waals surface area contributed by atoms with Gasteiger partial charge in [-0.15, -0.1) is 11.3 Å². The van der Waals surface area contributed by atoms with Gasteiger partial charge in [-0.25, -0.2) is 4.98 Å². The molecule has 2 rings (SSSR count). The van der Waals surface area contributed by atoms with E-state index in [1.807, 2.05) is 0 Å². The Morgan fingerprint density at radius 3 is 3.06 bits per heavy atom. The summed E-state index contributed by atoms with van der Waals surface area (Å²) < 4.78 is 5.05. The van der Waals surface area contributed by atoms with Crippen molar-refractivity contribution in [1.82, 2.24) is 9.97 Å². The molecule has 90 valence electrons. The normalized spacial score (nSPS) is 12.1. The molecule has 2 aromatic heterocycles. The molecule has 17 heavy (non-hydrogen) atoms. The molecule has 0 aliphatic heterocycles. The second-order valence-corrected chi connectivity index (χ2v) is 4.78. The lowest BCUT2D eigenvalue weighted by Crippen LogP contribution is -2.19. The van der Waals surface area contributed by atoms with Gasteiger partial charge in [0.25, 0.3) is 0 Å². The predicted molar refractivity (Wildman–Crippen MR) is 69.7 cm³/mol. The fraction of sp³-hybridized carbons (Fsp3) is 0.333. The van der Waals surface area contributed by atoms with E-state index in [1.165, 1.54) is 4.88 Å². The zero-order chi connectivity index (χ0) is 12.1. The molecular formula is C12H15N3OS. The van der Waals surface area contributed by atoms with E-state index in [1.54, 1.807) is 30.7 Å². The molecule has 0 bridgehead atoms. The Morgan fingerprint density at radius 2 is 2.35 bits per heavy atom. The summed E-state index contributed by atoms with van der Waals surface area (Å²) >= 11 is 1.76. The van der Waals surface area contributed by atoms with Crippen LogP contribution in [0.2, 0.25) is 0 Å². The van der Waals surface area contributed by atoms with Crippen LogP contribution in [-0.4, -0.2) is 23.1 Å². The second kappa shape index (κ2) is 5.63. The van der Waals surface area contributed by atoms with Gasteiger partial charge in [0.15, 0.2) is 0 Å². The largest absolute Gasteiger partial charge is 0.481 e. The van der Waals surface area contributed by atoms with E-state index in [9.17, 15) is 0 Å². The Labute approximate surface area is 105 Å². The molecule has 0 radical (unpaired) electrons. The molecular weight excluding hydrogens is 234 g/mol. The third kappa shape index (κ3) is 3.42. The van der Waals surface area contributed by atoms with Crippen LogP contribution in [0.5, 0.6) is 5.88 Å². The summed E-state index contributed by atoms with van der Waals surface area (Å²) in [5.41, 5.74) is 0. The highest BCUT2D eigenvalue weighted by Crippen LogP contribution is 2.14. The van der Waals surface area contributed by atoms with Crippen LogP contribution in [-0.2, 0) is 6.42 Å². The van der Waals surface area contributed by atoms with Crippen molar-refractivity contribution in [3.8, 4) is 5.88 Å². The van der Waals surface area contributed by atoms with Crippen molar-refractivity contribution in [3.05, 3.63) is 34.7 Å². The van der Waals surface area contributed by atoms with Gasteiger partial charge in [-0.05, 0) is 18.4 Å². The highest BCUT2D eigenvalue weighted by atomic mass is 32.1. The molecule has 1 N–H and O–H groups in total. The maximum atomic E-state index is 5.05. The fourth-order valence-corrected chi connectivity index (χ4v) is 2.36. The van der Waals surface area contributed by atoms with Crippen molar-refractivity contribution in [2.45, 2.75) is 19.4 Å². The lowest BCUT2D eigenvalue weighted by atomic mass is 10.2. The molecule has 2 heterocycles. The van der Waals surface area contributed by atoms with Gasteiger partial charge in [-0.3, -0.25) is 0 Å². The number of rotatable bonds is 5. The molecule has 1 unspecified atom stereocenters. The van der Waals surface area contributed by atoms with Gasteiger partial charge in [0.2, 0.25) is 11.8 Å². The van der Waals surface area contributed by atoms with Gasteiger partial charge >= 0.3 is 0 Å². The number of ether oxygens (including phenoxy) is 1. The summed E-state index contributed by atoms with van der Waals surface area (Å²) in [5.74, 6) is 1.18. The molecule has 0 aliphatic rings. The SMILES string of the molecule is COc1ccnc(NC(C)Cc2cccs2)n1. The predicted octanol–water partition coefficient (Wildman–Crippen LogP) is 2.59. The number of methoxy groups -OCH3 is 1. The van der Waals surface area contributed by atoms with Crippen LogP contribution < -0.4 is 10.1 Å². The molecule has 0 spiro atoms. The van der Waals surface area contributed by atoms with Gasteiger partial charge in [0.1, 0.15) is 0 Å². The monoisotopic (exact) mass is 249 g/mol. The Bertz CT molecular complexity index is 459. The zero-order valence-corrected chi connectivity index (χ0v) is 10.7. The third-order valence-electron chi connectivity index (χ3n) is 2.30. The number of nitrogens with zero attached hydrogens (tertiary/aromatic N) is 2. The van der Waals surface area contributed by atoms with E-state index in [0.29, 0.717) is 17.9 Å². The summed E-state index contributed by atoms with van der Waals surface area (Å²) in [6.45, 7) is 2.11. The van der Waals surface area contributed by atoms with Crippen LogP contribution in [0.4, 0.5) is 5.95 Å². The summed E-state index contributed by atoms with van der Waals surface area (Å²) in [7, 11) is 1.60. The lowest BCUT2D eigenvalue weighted by molar-refractivity contribution is 0.397. The molecule has 1 atom stereocenters. The number of thiophene rings is 1. The van der Waals surface area contributed by atoms with Gasteiger partial charge < -0.3 is 10.1 Å². The van der Waals surface area contributed by atoms with Crippen molar-refractivity contribution < 1.29 is 4.74 Å². The van der Waals surface area contributed by atoms with Crippen LogP contribution in [0, 0.1) is 0 Å². The van der Waals surface area contributed by atoms with Crippen LogP contribution in [0.15, 0.2) is 29.8 Å². The van der Waals surface area contributed by atoms with Gasteiger partial charge in [0.05, 0.1) is 7.11 Å². The first-order valence-corrected chi connectivity index (χ1v) is 6.32. The topological polar surface area (TPSA) is 47.0 Å². The van der Waals surface area contributed by atoms with E-state index >= 15 is 0 Å². The van der Waals surface area contributed by atoms with E-state index in [0.717, 1.165) is 6.42 Å². The van der Waals surface area contributed by atoms with Crippen LogP contribution in [0.1, 0.15) is 11.8 Å². The Balaban J connectivity index is 1.95. The quantitative estimate of drug-likeness (QED) is 0.884. The van der Waals surface area contributed by atoms with E-state index in [-0.39, 0.29) is 0 Å². The highest BCUT2D eigenvalue weighted by Gasteiger charge is 2.06. The molecule has 0 aliphatic carbocycles. The van der Waals surface area contributed by atoms with Crippen LogP contribution >= 0.6 is 11.3 Å². The number of nitrogens with one attached hydrogen (secondary N) is 1. The summed E-state index contributed by atoms with van der Waals surface area (Å²) in [4.78, 5) is 9.73. The minimum atomic E-state index is 0.292. The molecule has 5 heteroatoms. The summed E-state index contributed by atoms with van der Waals surface area (Å²) in [5, 5.41) is 5.35. The zero-order valence-electron chi connectivity index (χ0n) is 9.88. The maximum Gasteiger partial charge on any atom is 0.226 e. The van der Waals surface area contributed by atoms with Gasteiger partial charge in [0, 0.05) is 29.6 Å². The standard InChI is InChI=1S/C12H15N3OS/c1-9(8-10-4-3-7-17-10)14-12-13-6-5-11(15-12)16-2/h3-7,9H,8H2,1-2H3,(H,13,14,15). The van der Waals surface area contributed by atoms with E-state index in [4.69, 9.17) is 4.74 Å². The molecule has 0 saturated heterocycles. The molecule has 0 amide bonds. The van der Waals surface area contributed by atoms with Crippen molar-refractivity contribution >= 4 is 17.3 Å². The van der Waals surface area contributed by atoms with Gasteiger partial charge in [-0.2, -0.15) is 4.98 Å². The molecule has 0 saturated carbocycles. The van der Waals surface area contributed by atoms with E-state index in [2.05, 4.69) is 39.7 Å². The van der Waals surface area contributed by atoms with Crippen molar-refractivity contribution in [2.24, 2.45) is 0 Å². The first kappa shape index (κ1) is 11.9. The average molecular weight is 249 g/mol. The Morgan fingerprint density at radius 1 is 1.47 bits per heavy atom. The number of anilines is 1. The highest BCUT2D eigenvalue weighted by molar-refractivity contribution is 7.09. The Kier molecular flexibility index (Phi) is 3.93. The number of aromatic nitrogens is 2. The fourth-order valence-electron chi connectivity index (χ4n) is 1.53. The third-order valence-corrected chi connectivity index (χ3v) is 3.20. The average Bonchev–Trinajstić information content (AvgIpc) is 2.82. The van der Waals surface area contributed by atoms with Gasteiger partial charge in [-0.1, -0.05) is 6.07 Å². The van der Waals surface area contributed by atoms with Crippen LogP contribution in [0.25, 0.3) is 0 Å². The van der Waals surface area contributed by atoms with E-state index < -0.39 is 0 Å².